The molecule has 0 heterocycles. The molecule has 28 heavy (non-hydrogen) atoms. The molecule has 0 bridgehead atoms. The summed E-state index contributed by atoms with van der Waals surface area (Å²) in [6, 6.07) is 0.646. The molecule has 3 aliphatic rings. The molecule has 7 heteroatoms. The molecular weight excluding hydrogens is 358 g/mol. The third-order valence-corrected chi connectivity index (χ3v) is 6.89. The first-order valence-corrected chi connectivity index (χ1v) is 11.0. The van der Waals surface area contributed by atoms with Gasteiger partial charge in [0, 0.05) is 30.0 Å². The van der Waals surface area contributed by atoms with Gasteiger partial charge in [0.1, 0.15) is 0 Å². The number of rotatable bonds is 8. The Labute approximate surface area is 167 Å². The first-order chi connectivity index (χ1) is 13.5. The standard InChI is InChI=1S/C21H35N3O4/c1-2-24(13-19(25)26)18-11-17(12-18)23-21(28)15-7-9-16(10-8-15)22-20(27)14-5-3-4-6-14/h14-18H,2-13H2,1H3,(H,22,27)(H,23,28)(H,25,26). The van der Waals surface area contributed by atoms with Crippen LogP contribution >= 0.6 is 0 Å². The van der Waals surface area contributed by atoms with E-state index in [4.69, 9.17) is 5.11 Å². The van der Waals surface area contributed by atoms with Gasteiger partial charge in [0.25, 0.3) is 0 Å². The highest BCUT2D eigenvalue weighted by atomic mass is 16.4. The second-order valence-corrected chi connectivity index (χ2v) is 8.83. The number of hydrogen-bond donors (Lipinski definition) is 3. The first-order valence-electron chi connectivity index (χ1n) is 11.0. The number of carboxylic acid groups (broad SMARTS) is 1. The van der Waals surface area contributed by atoms with E-state index < -0.39 is 5.97 Å². The summed E-state index contributed by atoms with van der Waals surface area (Å²) in [7, 11) is 0. The van der Waals surface area contributed by atoms with Gasteiger partial charge in [-0.25, -0.2) is 0 Å². The maximum absolute atomic E-state index is 12.6. The van der Waals surface area contributed by atoms with E-state index in [1.54, 1.807) is 0 Å². The SMILES string of the molecule is CCN(CC(=O)O)C1CC(NC(=O)C2CCC(NC(=O)C3CCCC3)CC2)C1. The molecule has 3 aliphatic carbocycles. The molecule has 0 unspecified atom stereocenters. The third-order valence-electron chi connectivity index (χ3n) is 6.89. The number of carboxylic acids is 1. The largest absolute Gasteiger partial charge is 0.480 e. The molecule has 0 saturated heterocycles. The van der Waals surface area contributed by atoms with Crippen molar-refractivity contribution in [1.82, 2.24) is 15.5 Å². The van der Waals surface area contributed by atoms with Gasteiger partial charge in [-0.1, -0.05) is 19.8 Å². The van der Waals surface area contributed by atoms with Crippen LogP contribution in [0, 0.1) is 11.8 Å². The Kier molecular flexibility index (Phi) is 7.32. The zero-order chi connectivity index (χ0) is 20.1. The minimum atomic E-state index is -0.800. The smallest absolute Gasteiger partial charge is 0.317 e. The van der Waals surface area contributed by atoms with Gasteiger partial charge < -0.3 is 15.7 Å². The fourth-order valence-electron chi connectivity index (χ4n) is 5.00. The van der Waals surface area contributed by atoms with E-state index in [1.807, 2.05) is 11.8 Å². The Hall–Kier alpha value is -1.63. The number of aliphatic carboxylic acids is 1. The molecule has 3 rings (SSSR count). The number of nitrogens with zero attached hydrogens (tertiary/aromatic N) is 1. The predicted octanol–water partition coefficient (Wildman–Crippen LogP) is 1.91. The Morgan fingerprint density at radius 2 is 1.39 bits per heavy atom. The number of amides is 2. The lowest BCUT2D eigenvalue weighted by molar-refractivity contribution is -0.140. The number of nitrogens with one attached hydrogen (secondary N) is 2. The van der Waals surface area contributed by atoms with Crippen LogP contribution in [-0.2, 0) is 14.4 Å². The van der Waals surface area contributed by atoms with Crippen LogP contribution in [0.4, 0.5) is 0 Å². The Bertz CT molecular complexity index is 562. The number of carbonyl (C=O) groups excluding carboxylic acids is 2. The topological polar surface area (TPSA) is 98.7 Å². The molecule has 0 aliphatic heterocycles. The summed E-state index contributed by atoms with van der Waals surface area (Å²) in [5.41, 5.74) is 0. The van der Waals surface area contributed by atoms with E-state index >= 15 is 0 Å². The van der Waals surface area contributed by atoms with Crippen molar-refractivity contribution in [1.29, 1.82) is 0 Å². The lowest BCUT2D eigenvalue weighted by Crippen LogP contribution is -2.55. The lowest BCUT2D eigenvalue weighted by Gasteiger charge is -2.43. The van der Waals surface area contributed by atoms with E-state index in [-0.39, 0.29) is 48.3 Å². The summed E-state index contributed by atoms with van der Waals surface area (Å²) < 4.78 is 0. The predicted molar refractivity (Wildman–Crippen MR) is 106 cm³/mol. The van der Waals surface area contributed by atoms with Gasteiger partial charge in [0.2, 0.25) is 11.8 Å². The van der Waals surface area contributed by atoms with Gasteiger partial charge in [-0.2, -0.15) is 0 Å². The van der Waals surface area contributed by atoms with Crippen LogP contribution < -0.4 is 10.6 Å². The monoisotopic (exact) mass is 393 g/mol. The fourth-order valence-corrected chi connectivity index (χ4v) is 5.00. The third kappa shape index (κ3) is 5.46. The van der Waals surface area contributed by atoms with E-state index in [2.05, 4.69) is 10.6 Å². The van der Waals surface area contributed by atoms with Gasteiger partial charge >= 0.3 is 5.97 Å². The highest BCUT2D eigenvalue weighted by Gasteiger charge is 2.36. The molecule has 2 amide bonds. The minimum absolute atomic E-state index is 0.0416. The van der Waals surface area contributed by atoms with Crippen LogP contribution in [0.5, 0.6) is 0 Å². The van der Waals surface area contributed by atoms with Gasteiger partial charge in [0.15, 0.2) is 0 Å². The van der Waals surface area contributed by atoms with Crippen LogP contribution in [-0.4, -0.2) is 59.0 Å². The molecule has 0 aromatic heterocycles. The zero-order valence-corrected chi connectivity index (χ0v) is 17.0. The van der Waals surface area contributed by atoms with Crippen LogP contribution in [0.25, 0.3) is 0 Å². The number of carbonyl (C=O) groups is 3. The van der Waals surface area contributed by atoms with E-state index in [9.17, 15) is 14.4 Å². The minimum Gasteiger partial charge on any atom is -0.480 e. The highest BCUT2D eigenvalue weighted by molar-refractivity contribution is 5.80. The Morgan fingerprint density at radius 3 is 1.93 bits per heavy atom. The number of hydrogen-bond acceptors (Lipinski definition) is 4. The van der Waals surface area contributed by atoms with Crippen molar-refractivity contribution in [3.8, 4) is 0 Å². The van der Waals surface area contributed by atoms with E-state index in [0.717, 1.165) is 51.4 Å². The number of likely N-dealkylation sites (N-methyl/N-ethyl adjacent to an activating group) is 1. The zero-order valence-electron chi connectivity index (χ0n) is 17.0. The highest BCUT2D eigenvalue weighted by Crippen LogP contribution is 2.30. The second kappa shape index (κ2) is 9.72. The normalized spacial score (nSPS) is 30.6. The maximum atomic E-state index is 12.6. The summed E-state index contributed by atoms with van der Waals surface area (Å²) in [5.74, 6) is -0.208. The molecule has 158 valence electrons. The lowest BCUT2D eigenvalue weighted by atomic mass is 9.82. The van der Waals surface area contributed by atoms with Crippen LogP contribution in [0.15, 0.2) is 0 Å². The molecular formula is C21H35N3O4. The van der Waals surface area contributed by atoms with Crippen molar-refractivity contribution in [2.24, 2.45) is 11.8 Å². The van der Waals surface area contributed by atoms with Crippen molar-refractivity contribution in [3.05, 3.63) is 0 Å². The molecule has 3 fully saturated rings. The van der Waals surface area contributed by atoms with Gasteiger partial charge in [-0.05, 0) is 57.9 Å². The summed E-state index contributed by atoms with van der Waals surface area (Å²) in [5, 5.41) is 15.3. The van der Waals surface area contributed by atoms with E-state index in [1.165, 1.54) is 12.8 Å². The van der Waals surface area contributed by atoms with Crippen molar-refractivity contribution in [2.45, 2.75) is 89.3 Å². The van der Waals surface area contributed by atoms with Crippen molar-refractivity contribution >= 4 is 17.8 Å². The van der Waals surface area contributed by atoms with Gasteiger partial charge in [-0.15, -0.1) is 0 Å². The van der Waals surface area contributed by atoms with Crippen molar-refractivity contribution in [2.75, 3.05) is 13.1 Å². The van der Waals surface area contributed by atoms with Crippen LogP contribution in [0.3, 0.4) is 0 Å². The molecule has 3 N–H and O–H groups in total. The van der Waals surface area contributed by atoms with Crippen molar-refractivity contribution < 1.29 is 19.5 Å². The summed E-state index contributed by atoms with van der Waals surface area (Å²) in [4.78, 5) is 37.7. The average Bonchev–Trinajstić information content (AvgIpc) is 3.18. The maximum Gasteiger partial charge on any atom is 0.317 e. The molecule has 0 spiro atoms. The Morgan fingerprint density at radius 1 is 0.857 bits per heavy atom. The molecule has 0 atom stereocenters. The first kappa shape index (κ1) is 21.1. The van der Waals surface area contributed by atoms with Gasteiger partial charge in [0.05, 0.1) is 6.54 Å². The van der Waals surface area contributed by atoms with Gasteiger partial charge in [-0.3, -0.25) is 19.3 Å². The summed E-state index contributed by atoms with van der Waals surface area (Å²) in [6.07, 6.45) is 9.47. The average molecular weight is 394 g/mol. The molecule has 3 saturated carbocycles. The summed E-state index contributed by atoms with van der Waals surface area (Å²) >= 11 is 0. The quantitative estimate of drug-likeness (QED) is 0.585. The Balaban J connectivity index is 1.33. The molecule has 0 aromatic carbocycles. The van der Waals surface area contributed by atoms with Crippen LogP contribution in [0.1, 0.15) is 71.1 Å². The molecule has 0 aromatic rings. The summed E-state index contributed by atoms with van der Waals surface area (Å²) in [6.45, 7) is 2.76. The molecule has 7 nitrogen and oxygen atoms in total. The second-order valence-electron chi connectivity index (χ2n) is 8.83. The fraction of sp³-hybridized carbons (Fsp3) is 0.857. The van der Waals surface area contributed by atoms with Crippen LogP contribution in [0.2, 0.25) is 0 Å². The van der Waals surface area contributed by atoms with Crippen molar-refractivity contribution in [3.63, 3.8) is 0 Å². The molecule has 0 radical (unpaired) electrons. The van der Waals surface area contributed by atoms with E-state index in [0.29, 0.717) is 6.54 Å².